The van der Waals surface area contributed by atoms with Gasteiger partial charge in [-0.05, 0) is 28.8 Å². The molecule has 33 heavy (non-hydrogen) atoms. The Morgan fingerprint density at radius 3 is 2.39 bits per heavy atom. The summed E-state index contributed by atoms with van der Waals surface area (Å²) in [6.07, 6.45) is 0.393. The van der Waals surface area contributed by atoms with Crippen molar-refractivity contribution in [1.82, 2.24) is 25.4 Å². The van der Waals surface area contributed by atoms with Crippen LogP contribution < -0.4 is 5.32 Å². The summed E-state index contributed by atoms with van der Waals surface area (Å²) in [5, 5.41) is 9.65. The minimum absolute atomic E-state index is 0.0345. The van der Waals surface area contributed by atoms with Gasteiger partial charge < -0.3 is 15.1 Å². The summed E-state index contributed by atoms with van der Waals surface area (Å²) in [4.78, 5) is 41.3. The highest BCUT2D eigenvalue weighted by Gasteiger charge is 2.36. The fourth-order valence-corrected chi connectivity index (χ4v) is 3.87. The number of aryl methyl sites for hydroxylation is 1. The third kappa shape index (κ3) is 4.92. The van der Waals surface area contributed by atoms with Crippen LogP contribution in [0.4, 0.5) is 0 Å². The first-order valence-corrected chi connectivity index (χ1v) is 10.7. The molecule has 1 N–H and O–H groups in total. The van der Waals surface area contributed by atoms with Crippen LogP contribution >= 0.6 is 0 Å². The first kappa shape index (κ1) is 22.2. The average molecular weight is 447 g/mol. The number of hydrogen-bond donors (Lipinski definition) is 1. The number of nitrogens with one attached hydrogen (secondary N) is 1. The molecule has 4 rings (SSSR count). The Bertz CT molecular complexity index is 1140. The first-order valence-electron chi connectivity index (χ1n) is 10.7. The van der Waals surface area contributed by atoms with Crippen molar-refractivity contribution in [1.29, 1.82) is 0 Å². The molecule has 170 valence electrons. The van der Waals surface area contributed by atoms with Gasteiger partial charge in [-0.15, -0.1) is 0 Å². The van der Waals surface area contributed by atoms with E-state index in [9.17, 15) is 14.4 Å². The number of rotatable bonds is 6. The van der Waals surface area contributed by atoms with E-state index in [1.54, 1.807) is 23.8 Å². The molecule has 0 saturated carbocycles. The number of carbonyl (C=O) groups is 3. The highest BCUT2D eigenvalue weighted by molar-refractivity contribution is 5.96. The summed E-state index contributed by atoms with van der Waals surface area (Å²) in [6.45, 7) is 2.18. The van der Waals surface area contributed by atoms with Gasteiger partial charge in [-0.1, -0.05) is 59.8 Å². The van der Waals surface area contributed by atoms with Gasteiger partial charge in [0.2, 0.25) is 11.8 Å². The smallest absolute Gasteiger partial charge is 0.275 e. The van der Waals surface area contributed by atoms with E-state index in [2.05, 4.69) is 20.3 Å². The Kier molecular flexibility index (Phi) is 6.48. The molecule has 0 unspecified atom stereocenters. The van der Waals surface area contributed by atoms with Gasteiger partial charge in [0.15, 0.2) is 5.69 Å². The molecule has 9 heteroatoms. The van der Waals surface area contributed by atoms with E-state index in [0.29, 0.717) is 25.2 Å². The van der Waals surface area contributed by atoms with E-state index in [0.717, 1.165) is 16.7 Å². The lowest BCUT2D eigenvalue weighted by Crippen LogP contribution is -2.59. The number of nitrogens with zero attached hydrogens (tertiary/aromatic N) is 4. The molecular weight excluding hydrogens is 422 g/mol. The molecule has 0 spiro atoms. The molecule has 2 aromatic carbocycles. The van der Waals surface area contributed by atoms with Gasteiger partial charge in [-0.3, -0.25) is 14.4 Å². The van der Waals surface area contributed by atoms with Crippen LogP contribution in [0.5, 0.6) is 0 Å². The van der Waals surface area contributed by atoms with E-state index < -0.39 is 11.9 Å². The molecule has 1 saturated heterocycles. The van der Waals surface area contributed by atoms with Crippen molar-refractivity contribution in [3.05, 3.63) is 71.5 Å². The predicted octanol–water partition coefficient (Wildman–Crippen LogP) is 1.69. The van der Waals surface area contributed by atoms with E-state index in [1.807, 2.05) is 54.6 Å². The molecule has 0 radical (unpaired) electrons. The number of piperazine rings is 1. The fraction of sp³-hybridized carbons (Fsp3) is 0.292. The molecule has 1 fully saturated rings. The summed E-state index contributed by atoms with van der Waals surface area (Å²) in [7, 11) is 1.73. The average Bonchev–Trinajstić information content (AvgIpc) is 3.27. The number of hydrogen-bond acceptors (Lipinski definition) is 6. The molecule has 1 aromatic heterocycles. The summed E-state index contributed by atoms with van der Waals surface area (Å²) in [5.41, 5.74) is 3.52. The second-order valence-corrected chi connectivity index (χ2v) is 8.01. The van der Waals surface area contributed by atoms with Crippen LogP contribution in [-0.4, -0.2) is 70.6 Å². The second-order valence-electron chi connectivity index (χ2n) is 8.01. The molecule has 2 heterocycles. The number of amides is 3. The van der Waals surface area contributed by atoms with Crippen LogP contribution in [0.2, 0.25) is 0 Å². The lowest BCUT2D eigenvalue weighted by atomic mass is 9.98. The van der Waals surface area contributed by atoms with Crippen molar-refractivity contribution in [2.75, 3.05) is 26.7 Å². The zero-order valence-electron chi connectivity index (χ0n) is 18.5. The Hall–Kier alpha value is -4.01. The van der Waals surface area contributed by atoms with Gasteiger partial charge in [0, 0.05) is 26.6 Å². The monoisotopic (exact) mass is 447 g/mol. The van der Waals surface area contributed by atoms with Crippen molar-refractivity contribution in [3.8, 4) is 11.1 Å². The Morgan fingerprint density at radius 2 is 1.73 bits per heavy atom. The Morgan fingerprint density at radius 1 is 1.03 bits per heavy atom. The number of aromatic nitrogens is 2. The second kappa shape index (κ2) is 9.64. The van der Waals surface area contributed by atoms with Gasteiger partial charge in [-0.25, -0.2) is 4.63 Å². The van der Waals surface area contributed by atoms with Gasteiger partial charge in [0.1, 0.15) is 11.7 Å². The largest absolute Gasteiger partial charge is 0.342 e. The summed E-state index contributed by atoms with van der Waals surface area (Å²) in [6, 6.07) is 17.4. The number of likely N-dealkylation sites (N-methyl/N-ethyl adjacent to an activating group) is 1. The molecule has 1 aliphatic heterocycles. The molecule has 1 aliphatic rings. The molecular formula is C24H25N5O4. The third-order valence-electron chi connectivity index (χ3n) is 5.79. The van der Waals surface area contributed by atoms with E-state index in [1.165, 1.54) is 0 Å². The maximum absolute atomic E-state index is 12.9. The molecule has 0 aliphatic carbocycles. The van der Waals surface area contributed by atoms with Crippen LogP contribution in [0.15, 0.2) is 59.2 Å². The lowest BCUT2D eigenvalue weighted by molar-refractivity contribution is -0.149. The van der Waals surface area contributed by atoms with Gasteiger partial charge >= 0.3 is 0 Å². The number of carbonyl (C=O) groups excluding carboxylic acids is 3. The van der Waals surface area contributed by atoms with Crippen molar-refractivity contribution in [2.45, 2.75) is 19.4 Å². The van der Waals surface area contributed by atoms with Gasteiger partial charge in [0.25, 0.3) is 5.91 Å². The minimum atomic E-state index is -0.633. The highest BCUT2D eigenvalue weighted by atomic mass is 16.6. The van der Waals surface area contributed by atoms with Crippen molar-refractivity contribution >= 4 is 17.7 Å². The molecule has 9 nitrogen and oxygen atoms in total. The quantitative estimate of drug-likeness (QED) is 0.616. The van der Waals surface area contributed by atoms with Gasteiger partial charge in [-0.2, -0.15) is 0 Å². The molecule has 1 atom stereocenters. The highest BCUT2D eigenvalue weighted by Crippen LogP contribution is 2.21. The standard InChI is InChI=1S/C24H25N5O4/c1-16-22(27-33-26-16)23(31)25-15-21(30)29-13-12-28(2)24(32)20(29)14-17-8-10-19(11-9-17)18-6-4-3-5-7-18/h3-11,20H,12-15H2,1-2H3,(H,25,31)/t20-/m1/s1. The minimum Gasteiger partial charge on any atom is -0.342 e. The summed E-state index contributed by atoms with van der Waals surface area (Å²) < 4.78 is 4.53. The van der Waals surface area contributed by atoms with Crippen LogP contribution in [0.1, 0.15) is 21.7 Å². The van der Waals surface area contributed by atoms with Crippen LogP contribution in [0.25, 0.3) is 11.1 Å². The van der Waals surface area contributed by atoms with E-state index in [4.69, 9.17) is 0 Å². The topological polar surface area (TPSA) is 109 Å². The predicted molar refractivity (Wildman–Crippen MR) is 120 cm³/mol. The third-order valence-corrected chi connectivity index (χ3v) is 5.79. The molecule has 3 amide bonds. The molecule has 0 bridgehead atoms. The van der Waals surface area contributed by atoms with E-state index >= 15 is 0 Å². The van der Waals surface area contributed by atoms with Crippen LogP contribution in [0.3, 0.4) is 0 Å². The van der Waals surface area contributed by atoms with Crippen LogP contribution in [-0.2, 0) is 16.0 Å². The maximum Gasteiger partial charge on any atom is 0.275 e. The van der Waals surface area contributed by atoms with Crippen molar-refractivity contribution < 1.29 is 19.0 Å². The van der Waals surface area contributed by atoms with E-state index in [-0.39, 0.29) is 24.1 Å². The van der Waals surface area contributed by atoms with Crippen molar-refractivity contribution in [3.63, 3.8) is 0 Å². The van der Waals surface area contributed by atoms with Gasteiger partial charge in [0.05, 0.1) is 6.54 Å². The Labute approximate surface area is 191 Å². The fourth-order valence-electron chi connectivity index (χ4n) is 3.87. The molecule has 3 aromatic rings. The maximum atomic E-state index is 12.9. The van der Waals surface area contributed by atoms with Crippen LogP contribution in [0, 0.1) is 6.92 Å². The van der Waals surface area contributed by atoms with Crippen molar-refractivity contribution in [2.24, 2.45) is 0 Å². The summed E-state index contributed by atoms with van der Waals surface area (Å²) >= 11 is 0. The SMILES string of the molecule is Cc1nonc1C(=O)NCC(=O)N1CCN(C)C(=O)[C@H]1Cc1ccc(-c2ccccc2)cc1. The lowest BCUT2D eigenvalue weighted by Gasteiger charge is -2.39. The zero-order chi connectivity index (χ0) is 23.4. The summed E-state index contributed by atoms with van der Waals surface area (Å²) in [5.74, 6) is -0.995. The normalized spacial score (nSPS) is 16.1. The Balaban J connectivity index is 1.45. The number of benzene rings is 2. The zero-order valence-corrected chi connectivity index (χ0v) is 18.5. The first-order chi connectivity index (χ1) is 15.9.